The molecule has 0 heterocycles. The fourth-order valence-electron chi connectivity index (χ4n) is 2.76. The van der Waals surface area contributed by atoms with Crippen molar-refractivity contribution in [3.05, 3.63) is 95.6 Å². The summed E-state index contributed by atoms with van der Waals surface area (Å²) in [7, 11) is 1.57. The quantitative estimate of drug-likeness (QED) is 0.654. The van der Waals surface area contributed by atoms with Crippen LogP contribution in [0.5, 0.6) is 11.5 Å². The van der Waals surface area contributed by atoms with Crippen LogP contribution in [0.3, 0.4) is 0 Å². The predicted octanol–water partition coefficient (Wildman–Crippen LogP) is 4.29. The molecule has 0 aliphatic heterocycles. The lowest BCUT2D eigenvalue weighted by Gasteiger charge is -2.20. The number of aliphatic hydroxyl groups excluding tert-OH is 1. The van der Waals surface area contributed by atoms with Gasteiger partial charge in [0.25, 0.3) is 0 Å². The highest BCUT2D eigenvalue weighted by Gasteiger charge is 2.21. The zero-order chi connectivity index (χ0) is 18.4. The highest BCUT2D eigenvalue weighted by Crippen LogP contribution is 2.32. The largest absolute Gasteiger partial charge is 0.507 e. The second kappa shape index (κ2) is 8.32. The lowest BCUT2D eigenvalue weighted by atomic mass is 9.96. The Morgan fingerprint density at radius 1 is 0.885 bits per heavy atom. The first-order valence-electron chi connectivity index (χ1n) is 8.37. The van der Waals surface area contributed by atoms with E-state index in [4.69, 9.17) is 4.74 Å². The first kappa shape index (κ1) is 17.7. The smallest absolute Gasteiger partial charge is 0.124 e. The van der Waals surface area contributed by atoms with Crippen molar-refractivity contribution in [3.63, 3.8) is 0 Å². The van der Waals surface area contributed by atoms with Gasteiger partial charge in [0.15, 0.2) is 0 Å². The van der Waals surface area contributed by atoms with E-state index in [1.807, 2.05) is 60.7 Å². The van der Waals surface area contributed by atoms with Crippen LogP contribution >= 0.6 is 0 Å². The van der Waals surface area contributed by atoms with Gasteiger partial charge in [-0.25, -0.2) is 0 Å². The van der Waals surface area contributed by atoms with Gasteiger partial charge in [0.2, 0.25) is 0 Å². The van der Waals surface area contributed by atoms with E-state index in [9.17, 15) is 10.2 Å². The average molecular weight is 347 g/mol. The van der Waals surface area contributed by atoms with Crippen molar-refractivity contribution in [1.29, 1.82) is 0 Å². The summed E-state index contributed by atoms with van der Waals surface area (Å²) in [5.41, 5.74) is 2.21. The van der Waals surface area contributed by atoms with Gasteiger partial charge >= 0.3 is 0 Å². The molecule has 132 valence electrons. The molecule has 0 aromatic heterocycles. The van der Waals surface area contributed by atoms with Crippen LogP contribution < -0.4 is 4.74 Å². The predicted molar refractivity (Wildman–Crippen MR) is 103 cm³/mol. The monoisotopic (exact) mass is 347 g/mol. The maximum atomic E-state index is 10.9. The highest BCUT2D eigenvalue weighted by molar-refractivity contribution is 5.84. The molecule has 0 spiro atoms. The van der Waals surface area contributed by atoms with E-state index in [1.54, 1.807) is 31.5 Å². The summed E-state index contributed by atoms with van der Waals surface area (Å²) in [5, 5.41) is 20.9. The van der Waals surface area contributed by atoms with Crippen molar-refractivity contribution in [1.82, 2.24) is 0 Å². The van der Waals surface area contributed by atoms with E-state index in [1.165, 1.54) is 0 Å². The van der Waals surface area contributed by atoms with Crippen LogP contribution in [0, 0.1) is 0 Å². The zero-order valence-corrected chi connectivity index (χ0v) is 14.5. The summed E-state index contributed by atoms with van der Waals surface area (Å²) in [6, 6.07) is 23.5. The number of phenols is 1. The van der Waals surface area contributed by atoms with Crippen LogP contribution in [-0.2, 0) is 0 Å². The van der Waals surface area contributed by atoms with Gasteiger partial charge in [-0.3, -0.25) is 4.99 Å². The van der Waals surface area contributed by atoms with E-state index >= 15 is 0 Å². The van der Waals surface area contributed by atoms with Crippen molar-refractivity contribution in [3.8, 4) is 11.5 Å². The van der Waals surface area contributed by atoms with Gasteiger partial charge in [0.1, 0.15) is 23.6 Å². The Kier molecular flexibility index (Phi) is 5.66. The molecule has 0 saturated carbocycles. The fraction of sp³-hybridized carbons (Fsp3) is 0.136. The third-order valence-electron chi connectivity index (χ3n) is 4.19. The van der Waals surface area contributed by atoms with E-state index in [2.05, 4.69) is 4.99 Å². The molecule has 3 aromatic rings. The van der Waals surface area contributed by atoms with Gasteiger partial charge in [0.05, 0.1) is 7.11 Å². The summed E-state index contributed by atoms with van der Waals surface area (Å²) in [4.78, 5) is 4.59. The van der Waals surface area contributed by atoms with Crippen LogP contribution in [0.25, 0.3) is 0 Å². The lowest BCUT2D eigenvalue weighted by molar-refractivity contribution is 0.148. The number of methoxy groups -OCH3 is 1. The number of aliphatic imine (C=N–C) groups is 1. The number of hydrogen-bond donors (Lipinski definition) is 2. The Labute approximate surface area is 153 Å². The molecule has 3 aromatic carbocycles. The van der Waals surface area contributed by atoms with Gasteiger partial charge in [-0.15, -0.1) is 0 Å². The maximum absolute atomic E-state index is 10.9. The minimum atomic E-state index is -0.803. The second-order valence-electron chi connectivity index (χ2n) is 5.91. The van der Waals surface area contributed by atoms with Crippen molar-refractivity contribution in [2.45, 2.75) is 12.1 Å². The van der Waals surface area contributed by atoms with Crippen LogP contribution in [-0.4, -0.2) is 23.5 Å². The number of aliphatic hydroxyl groups is 1. The van der Waals surface area contributed by atoms with Crippen LogP contribution in [0.4, 0.5) is 0 Å². The molecule has 26 heavy (non-hydrogen) atoms. The Balaban J connectivity index is 1.96. The third-order valence-corrected chi connectivity index (χ3v) is 4.19. The second-order valence-corrected chi connectivity index (χ2v) is 5.91. The number of ether oxygens (including phenoxy) is 1. The molecule has 2 atom stereocenters. The number of rotatable bonds is 6. The Bertz CT molecular complexity index is 863. The SMILES string of the molecule is COc1ccc(O)c(C=N[C@@H](c2ccccc2)[C@H](O)c2ccccc2)c1. The third kappa shape index (κ3) is 4.10. The molecule has 0 saturated heterocycles. The lowest BCUT2D eigenvalue weighted by Crippen LogP contribution is -2.09. The summed E-state index contributed by atoms with van der Waals surface area (Å²) < 4.78 is 5.20. The molecular formula is C22H21NO3. The first-order chi connectivity index (χ1) is 12.7. The number of hydrogen-bond acceptors (Lipinski definition) is 4. The topological polar surface area (TPSA) is 62.0 Å². The molecule has 0 unspecified atom stereocenters. The van der Waals surface area contributed by atoms with Crippen LogP contribution in [0.1, 0.15) is 28.8 Å². The molecule has 0 radical (unpaired) electrons. The van der Waals surface area contributed by atoms with Crippen molar-refractivity contribution in [2.75, 3.05) is 7.11 Å². The Hall–Kier alpha value is -3.11. The number of benzene rings is 3. The first-order valence-corrected chi connectivity index (χ1v) is 8.37. The van der Waals surface area contributed by atoms with Crippen molar-refractivity contribution >= 4 is 6.21 Å². The van der Waals surface area contributed by atoms with E-state index in [0.29, 0.717) is 11.3 Å². The summed E-state index contributed by atoms with van der Waals surface area (Å²) in [5.74, 6) is 0.736. The summed E-state index contributed by atoms with van der Waals surface area (Å²) >= 11 is 0. The normalized spacial score (nSPS) is 13.5. The molecule has 2 N–H and O–H groups in total. The summed E-state index contributed by atoms with van der Waals surface area (Å²) in [6.07, 6.45) is 0.768. The van der Waals surface area contributed by atoms with Crippen molar-refractivity contribution in [2.24, 2.45) is 4.99 Å². The zero-order valence-electron chi connectivity index (χ0n) is 14.5. The highest BCUT2D eigenvalue weighted by atomic mass is 16.5. The van der Waals surface area contributed by atoms with Gasteiger partial charge in [-0.2, -0.15) is 0 Å². The Morgan fingerprint density at radius 3 is 2.12 bits per heavy atom. The van der Waals surface area contributed by atoms with E-state index < -0.39 is 12.1 Å². The van der Waals surface area contributed by atoms with Gasteiger partial charge in [-0.1, -0.05) is 60.7 Å². The standard InChI is InChI=1S/C22H21NO3/c1-26-19-12-13-20(24)18(14-19)15-23-21(16-8-4-2-5-9-16)22(25)17-10-6-3-7-11-17/h2-15,21-22,24-25H,1H3/t21-,22+/m0/s1. The number of aromatic hydroxyl groups is 1. The van der Waals surface area contributed by atoms with Gasteiger partial charge < -0.3 is 14.9 Å². The molecule has 0 fully saturated rings. The molecule has 3 rings (SSSR count). The van der Waals surface area contributed by atoms with Crippen molar-refractivity contribution < 1.29 is 14.9 Å². The maximum Gasteiger partial charge on any atom is 0.124 e. The Morgan fingerprint density at radius 2 is 1.50 bits per heavy atom. The molecule has 4 heteroatoms. The number of nitrogens with zero attached hydrogens (tertiary/aromatic N) is 1. The molecule has 0 amide bonds. The van der Waals surface area contributed by atoms with Gasteiger partial charge in [0, 0.05) is 11.8 Å². The van der Waals surface area contributed by atoms with E-state index in [0.717, 1.165) is 11.1 Å². The number of phenolic OH excluding ortho intramolecular Hbond substituents is 1. The molecule has 4 nitrogen and oxygen atoms in total. The summed E-state index contributed by atoms with van der Waals surface area (Å²) in [6.45, 7) is 0. The molecule has 0 bridgehead atoms. The molecular weight excluding hydrogens is 326 g/mol. The average Bonchev–Trinajstić information content (AvgIpc) is 2.70. The van der Waals surface area contributed by atoms with Crippen LogP contribution in [0.15, 0.2) is 83.9 Å². The molecule has 0 aliphatic carbocycles. The minimum absolute atomic E-state index is 0.107. The van der Waals surface area contributed by atoms with Crippen LogP contribution in [0.2, 0.25) is 0 Å². The minimum Gasteiger partial charge on any atom is -0.507 e. The van der Waals surface area contributed by atoms with Gasteiger partial charge in [-0.05, 0) is 29.3 Å². The van der Waals surface area contributed by atoms with E-state index in [-0.39, 0.29) is 5.75 Å². The molecule has 0 aliphatic rings. The fourth-order valence-corrected chi connectivity index (χ4v) is 2.76.